The maximum Gasteiger partial charge on any atom is 0.410 e. The molecule has 0 aromatic heterocycles. The van der Waals surface area contributed by atoms with E-state index in [1.54, 1.807) is 0 Å². The van der Waals surface area contributed by atoms with E-state index in [-0.39, 0.29) is 13.3 Å². The van der Waals surface area contributed by atoms with Crippen LogP contribution >= 0.6 is 0 Å². The fourth-order valence-corrected chi connectivity index (χ4v) is 1.06. The van der Waals surface area contributed by atoms with Crippen LogP contribution in [0.25, 0.3) is 0 Å². The number of nitrogens with one attached hydrogen (secondary N) is 1. The monoisotopic (exact) mass is 253 g/mol. The van der Waals surface area contributed by atoms with E-state index in [2.05, 4.69) is 10.1 Å². The minimum absolute atomic E-state index is 0.136. The number of hydrogen-bond donors (Lipinski definition) is 2. The lowest BCUT2D eigenvalue weighted by Gasteiger charge is -2.08. The van der Waals surface area contributed by atoms with Gasteiger partial charge in [0.15, 0.2) is 6.73 Å². The Morgan fingerprint density at radius 3 is 2.56 bits per heavy atom. The molecule has 0 heterocycles. The predicted octanol–water partition coefficient (Wildman–Crippen LogP) is 0.794. The van der Waals surface area contributed by atoms with Crippen LogP contribution in [-0.2, 0) is 20.9 Å². The summed E-state index contributed by atoms with van der Waals surface area (Å²) in [5.74, 6) is -0.807. The standard InChI is InChI=1S/C12H15NO5/c1-9(14)11(15)18-8-13-12(16)17-7-10-5-3-2-4-6-10/h2-6,9,14H,7-8H2,1H3,(H,13,16). The summed E-state index contributed by atoms with van der Waals surface area (Å²) in [6.45, 7) is 1.07. The van der Waals surface area contributed by atoms with E-state index in [4.69, 9.17) is 9.84 Å². The molecule has 98 valence electrons. The van der Waals surface area contributed by atoms with Crippen LogP contribution in [0.1, 0.15) is 12.5 Å². The summed E-state index contributed by atoms with van der Waals surface area (Å²) in [6, 6.07) is 9.17. The molecule has 1 unspecified atom stereocenters. The zero-order valence-electron chi connectivity index (χ0n) is 9.96. The quantitative estimate of drug-likeness (QED) is 0.598. The van der Waals surface area contributed by atoms with Crippen molar-refractivity contribution in [1.82, 2.24) is 5.32 Å². The molecule has 1 aromatic carbocycles. The van der Waals surface area contributed by atoms with Gasteiger partial charge in [-0.15, -0.1) is 0 Å². The molecule has 6 heteroatoms. The number of aliphatic hydroxyl groups excluding tert-OH is 1. The largest absolute Gasteiger partial charge is 0.445 e. The van der Waals surface area contributed by atoms with E-state index in [0.717, 1.165) is 5.56 Å². The van der Waals surface area contributed by atoms with Gasteiger partial charge in [0.1, 0.15) is 12.7 Å². The average molecular weight is 253 g/mol. The lowest BCUT2D eigenvalue weighted by atomic mass is 10.2. The normalized spacial score (nSPS) is 11.4. The predicted molar refractivity (Wildman–Crippen MR) is 62.4 cm³/mol. The van der Waals surface area contributed by atoms with Gasteiger partial charge < -0.3 is 14.6 Å². The number of amides is 1. The van der Waals surface area contributed by atoms with Gasteiger partial charge in [-0.05, 0) is 12.5 Å². The molecule has 0 saturated heterocycles. The van der Waals surface area contributed by atoms with Crippen molar-refractivity contribution in [3.63, 3.8) is 0 Å². The third-order valence-electron chi connectivity index (χ3n) is 1.98. The van der Waals surface area contributed by atoms with Gasteiger partial charge in [0.05, 0.1) is 0 Å². The van der Waals surface area contributed by atoms with Crippen LogP contribution < -0.4 is 5.32 Å². The molecular weight excluding hydrogens is 238 g/mol. The molecule has 1 aromatic rings. The van der Waals surface area contributed by atoms with E-state index in [1.807, 2.05) is 30.3 Å². The third-order valence-corrected chi connectivity index (χ3v) is 1.98. The van der Waals surface area contributed by atoms with Crippen LogP contribution in [-0.4, -0.2) is 30.0 Å². The summed E-state index contributed by atoms with van der Waals surface area (Å²) >= 11 is 0. The Hall–Kier alpha value is -2.08. The van der Waals surface area contributed by atoms with Crippen molar-refractivity contribution in [2.75, 3.05) is 6.73 Å². The molecule has 6 nitrogen and oxygen atoms in total. The van der Waals surface area contributed by atoms with Gasteiger partial charge in [0.25, 0.3) is 0 Å². The minimum atomic E-state index is -1.22. The number of esters is 1. The maximum atomic E-state index is 11.2. The Kier molecular flexibility index (Phi) is 5.66. The van der Waals surface area contributed by atoms with Gasteiger partial charge in [-0.3, -0.25) is 5.32 Å². The summed E-state index contributed by atoms with van der Waals surface area (Å²) < 4.78 is 9.39. The summed E-state index contributed by atoms with van der Waals surface area (Å²) in [6.07, 6.45) is -1.91. The lowest BCUT2D eigenvalue weighted by molar-refractivity contribution is -0.153. The van der Waals surface area contributed by atoms with Crippen molar-refractivity contribution in [2.24, 2.45) is 0 Å². The van der Waals surface area contributed by atoms with Gasteiger partial charge in [0.2, 0.25) is 0 Å². The highest BCUT2D eigenvalue weighted by Gasteiger charge is 2.10. The Morgan fingerprint density at radius 2 is 1.94 bits per heavy atom. The molecule has 0 spiro atoms. The van der Waals surface area contributed by atoms with Crippen molar-refractivity contribution < 1.29 is 24.2 Å². The average Bonchev–Trinajstić information content (AvgIpc) is 2.37. The van der Waals surface area contributed by atoms with Crippen LogP contribution in [0.3, 0.4) is 0 Å². The van der Waals surface area contributed by atoms with E-state index in [9.17, 15) is 9.59 Å². The first-order valence-corrected chi connectivity index (χ1v) is 5.39. The molecule has 1 rings (SSSR count). The Labute approximate surface area is 105 Å². The molecule has 0 aliphatic carbocycles. The topological polar surface area (TPSA) is 84.9 Å². The van der Waals surface area contributed by atoms with Crippen molar-refractivity contribution in [3.8, 4) is 0 Å². The number of aliphatic hydroxyl groups is 1. The summed E-state index contributed by atoms with van der Waals surface area (Å²) in [4.78, 5) is 22.0. The number of rotatable bonds is 5. The van der Waals surface area contributed by atoms with Gasteiger partial charge in [0, 0.05) is 0 Å². The molecule has 1 amide bonds. The first-order chi connectivity index (χ1) is 8.59. The van der Waals surface area contributed by atoms with Crippen LogP contribution in [0.5, 0.6) is 0 Å². The van der Waals surface area contributed by atoms with Crippen molar-refractivity contribution in [2.45, 2.75) is 19.6 Å². The number of benzene rings is 1. The lowest BCUT2D eigenvalue weighted by Crippen LogP contribution is -2.30. The second-order valence-corrected chi connectivity index (χ2v) is 3.52. The van der Waals surface area contributed by atoms with Crippen LogP contribution in [0.15, 0.2) is 30.3 Å². The smallest absolute Gasteiger partial charge is 0.410 e. The van der Waals surface area contributed by atoms with Crippen LogP contribution in [0.2, 0.25) is 0 Å². The van der Waals surface area contributed by atoms with E-state index in [0.29, 0.717) is 0 Å². The van der Waals surface area contributed by atoms with Gasteiger partial charge in [-0.25, -0.2) is 9.59 Å². The molecule has 0 radical (unpaired) electrons. The Bertz CT molecular complexity index is 391. The van der Waals surface area contributed by atoms with E-state index in [1.165, 1.54) is 6.92 Å². The number of carbonyl (C=O) groups is 2. The molecule has 0 bridgehead atoms. The number of hydrogen-bond acceptors (Lipinski definition) is 5. The summed E-state index contributed by atoms with van der Waals surface area (Å²) in [5.41, 5.74) is 0.855. The summed E-state index contributed by atoms with van der Waals surface area (Å²) in [5, 5.41) is 11.0. The molecule has 0 aliphatic heterocycles. The highest BCUT2D eigenvalue weighted by molar-refractivity contribution is 5.74. The number of carbonyl (C=O) groups excluding carboxylic acids is 2. The number of alkyl carbamates (subject to hydrolysis) is 1. The first-order valence-electron chi connectivity index (χ1n) is 5.39. The third kappa shape index (κ3) is 5.31. The molecule has 1 atom stereocenters. The molecule has 2 N–H and O–H groups in total. The Balaban J connectivity index is 2.17. The highest BCUT2D eigenvalue weighted by Crippen LogP contribution is 2.00. The molecule has 18 heavy (non-hydrogen) atoms. The van der Waals surface area contributed by atoms with Crippen LogP contribution in [0, 0.1) is 0 Å². The van der Waals surface area contributed by atoms with Crippen molar-refractivity contribution in [3.05, 3.63) is 35.9 Å². The molecular formula is C12H15NO5. The van der Waals surface area contributed by atoms with E-state index >= 15 is 0 Å². The zero-order chi connectivity index (χ0) is 13.4. The fourth-order valence-electron chi connectivity index (χ4n) is 1.06. The second-order valence-electron chi connectivity index (χ2n) is 3.52. The van der Waals surface area contributed by atoms with E-state index < -0.39 is 18.2 Å². The first kappa shape index (κ1) is 14.0. The Morgan fingerprint density at radius 1 is 1.28 bits per heavy atom. The number of ether oxygens (including phenoxy) is 2. The molecule has 0 fully saturated rings. The highest BCUT2D eigenvalue weighted by atomic mass is 16.6. The minimum Gasteiger partial charge on any atom is -0.445 e. The maximum absolute atomic E-state index is 11.2. The van der Waals surface area contributed by atoms with Gasteiger partial charge in [-0.2, -0.15) is 0 Å². The summed E-state index contributed by atoms with van der Waals surface area (Å²) in [7, 11) is 0. The molecule has 0 aliphatic rings. The van der Waals surface area contributed by atoms with Crippen LogP contribution in [0.4, 0.5) is 4.79 Å². The fraction of sp³-hybridized carbons (Fsp3) is 0.333. The SMILES string of the molecule is CC(O)C(=O)OCNC(=O)OCc1ccccc1. The molecule has 0 saturated carbocycles. The second kappa shape index (κ2) is 7.29. The van der Waals surface area contributed by atoms with Gasteiger partial charge in [-0.1, -0.05) is 30.3 Å². The van der Waals surface area contributed by atoms with Gasteiger partial charge >= 0.3 is 12.1 Å². The zero-order valence-corrected chi connectivity index (χ0v) is 9.96. The van der Waals surface area contributed by atoms with Crippen molar-refractivity contribution in [1.29, 1.82) is 0 Å². The van der Waals surface area contributed by atoms with Crippen molar-refractivity contribution >= 4 is 12.1 Å².